The molecule has 0 bridgehead atoms. The van der Waals surface area contributed by atoms with Gasteiger partial charge in [0.05, 0.1) is 12.9 Å². The Hall–Kier alpha value is -2.71. The van der Waals surface area contributed by atoms with Crippen LogP contribution in [0.5, 0.6) is 5.75 Å². The van der Waals surface area contributed by atoms with Crippen molar-refractivity contribution in [2.24, 2.45) is 0 Å². The summed E-state index contributed by atoms with van der Waals surface area (Å²) in [7, 11) is 1.60. The maximum atomic E-state index is 12.2. The zero-order valence-corrected chi connectivity index (χ0v) is 16.3. The molecule has 0 saturated carbocycles. The summed E-state index contributed by atoms with van der Waals surface area (Å²) in [4.78, 5) is 12.2. The average Bonchev–Trinajstić information content (AvgIpc) is 3.03. The number of hydrogen-bond acceptors (Lipinski definition) is 6. The second kappa shape index (κ2) is 8.32. The van der Waals surface area contributed by atoms with E-state index in [-0.39, 0.29) is 11.7 Å². The molecule has 0 aliphatic carbocycles. The molecule has 3 aromatic rings. The molecule has 0 saturated heterocycles. The van der Waals surface area contributed by atoms with Gasteiger partial charge in [0.2, 0.25) is 11.1 Å². The molecule has 0 unspecified atom stereocenters. The fraction of sp³-hybridized carbons (Fsp3) is 0.167. The summed E-state index contributed by atoms with van der Waals surface area (Å²) < 4.78 is 6.50. The van der Waals surface area contributed by atoms with Crippen LogP contribution in [-0.4, -0.2) is 33.6 Å². The molecule has 3 rings (SSSR count). The number of nitrogens with one attached hydrogen (secondary N) is 1. The van der Waals surface area contributed by atoms with E-state index in [1.165, 1.54) is 16.4 Å². The van der Waals surface area contributed by atoms with Gasteiger partial charge in [-0.05, 0) is 48.9 Å². The topological polar surface area (TPSA) is 95.1 Å². The number of thioether (sulfide) groups is 1. The summed E-state index contributed by atoms with van der Waals surface area (Å²) in [5.41, 5.74) is 2.40. The Morgan fingerprint density at radius 1 is 1.26 bits per heavy atom. The quantitative estimate of drug-likeness (QED) is 0.484. The van der Waals surface area contributed by atoms with E-state index in [2.05, 4.69) is 15.5 Å². The van der Waals surface area contributed by atoms with Crippen LogP contribution in [0.2, 0.25) is 5.02 Å². The molecule has 0 aliphatic heterocycles. The zero-order chi connectivity index (χ0) is 19.4. The number of rotatable bonds is 6. The molecular weight excluding hydrogens is 386 g/mol. The van der Waals surface area contributed by atoms with Crippen LogP contribution in [0.15, 0.2) is 47.6 Å². The van der Waals surface area contributed by atoms with Crippen molar-refractivity contribution in [3.8, 4) is 17.1 Å². The lowest BCUT2D eigenvalue weighted by atomic mass is 10.2. The highest BCUT2D eigenvalue weighted by molar-refractivity contribution is 7.99. The molecule has 9 heteroatoms. The van der Waals surface area contributed by atoms with Gasteiger partial charge in [0.15, 0.2) is 5.82 Å². The molecule has 0 fully saturated rings. The van der Waals surface area contributed by atoms with Crippen LogP contribution < -0.4 is 15.9 Å². The lowest BCUT2D eigenvalue weighted by Gasteiger charge is -2.07. The van der Waals surface area contributed by atoms with Crippen molar-refractivity contribution in [1.29, 1.82) is 0 Å². The van der Waals surface area contributed by atoms with E-state index < -0.39 is 0 Å². The van der Waals surface area contributed by atoms with Gasteiger partial charge < -0.3 is 15.9 Å². The highest BCUT2D eigenvalue weighted by Crippen LogP contribution is 2.24. The van der Waals surface area contributed by atoms with Crippen LogP contribution in [0.4, 0.5) is 5.69 Å². The van der Waals surface area contributed by atoms with E-state index in [0.717, 1.165) is 16.9 Å². The van der Waals surface area contributed by atoms with E-state index in [1.807, 2.05) is 37.3 Å². The number of aromatic nitrogens is 3. The lowest BCUT2D eigenvalue weighted by molar-refractivity contribution is -0.113. The van der Waals surface area contributed by atoms with Gasteiger partial charge >= 0.3 is 0 Å². The highest BCUT2D eigenvalue weighted by atomic mass is 35.5. The summed E-state index contributed by atoms with van der Waals surface area (Å²) >= 11 is 7.27. The van der Waals surface area contributed by atoms with Gasteiger partial charge in [-0.15, -0.1) is 10.2 Å². The number of nitrogens with two attached hydrogens (primary N) is 1. The first-order valence-corrected chi connectivity index (χ1v) is 9.38. The van der Waals surface area contributed by atoms with Crippen molar-refractivity contribution < 1.29 is 9.53 Å². The Bertz CT molecular complexity index is 959. The molecule has 2 aromatic carbocycles. The van der Waals surface area contributed by atoms with E-state index in [4.69, 9.17) is 22.2 Å². The van der Waals surface area contributed by atoms with Crippen LogP contribution in [0, 0.1) is 6.92 Å². The van der Waals surface area contributed by atoms with Crippen molar-refractivity contribution in [3.05, 3.63) is 53.1 Å². The summed E-state index contributed by atoms with van der Waals surface area (Å²) in [5.74, 6) is 7.27. The van der Waals surface area contributed by atoms with Gasteiger partial charge in [-0.2, -0.15) is 0 Å². The number of halogens is 1. The van der Waals surface area contributed by atoms with Gasteiger partial charge in [-0.1, -0.05) is 29.4 Å². The van der Waals surface area contributed by atoms with E-state index in [0.29, 0.717) is 21.7 Å². The van der Waals surface area contributed by atoms with E-state index >= 15 is 0 Å². The molecule has 0 atom stereocenters. The summed E-state index contributed by atoms with van der Waals surface area (Å²) in [5, 5.41) is 12.0. The maximum Gasteiger partial charge on any atom is 0.234 e. The molecular formula is C18H18ClN5O2S. The first-order chi connectivity index (χ1) is 13.0. The molecule has 3 N–H and O–H groups in total. The number of carbonyl (C=O) groups excluding carboxylic acids is 1. The number of carbonyl (C=O) groups is 1. The lowest BCUT2D eigenvalue weighted by Crippen LogP contribution is -2.16. The van der Waals surface area contributed by atoms with E-state index in [9.17, 15) is 4.79 Å². The van der Waals surface area contributed by atoms with Crippen molar-refractivity contribution in [3.63, 3.8) is 0 Å². The Morgan fingerprint density at radius 3 is 2.67 bits per heavy atom. The normalized spacial score (nSPS) is 10.6. The standard InChI is InChI=1S/C18H18ClN5O2S/c1-11-3-6-13(9-15(11)19)21-16(25)10-27-18-23-22-17(24(18)20)12-4-7-14(26-2)8-5-12/h3-9H,10,20H2,1-2H3,(H,21,25). The number of hydrogen-bond donors (Lipinski definition) is 2. The predicted molar refractivity (Wildman–Crippen MR) is 108 cm³/mol. The van der Waals surface area contributed by atoms with Crippen LogP contribution in [0.25, 0.3) is 11.4 Å². The average molecular weight is 404 g/mol. The van der Waals surface area contributed by atoms with Crippen LogP contribution in [0.1, 0.15) is 5.56 Å². The van der Waals surface area contributed by atoms with Gasteiger partial charge in [0.25, 0.3) is 0 Å². The minimum atomic E-state index is -0.186. The van der Waals surface area contributed by atoms with Gasteiger partial charge in [0, 0.05) is 16.3 Å². The summed E-state index contributed by atoms with van der Waals surface area (Å²) in [6.45, 7) is 1.90. The number of nitrogen functional groups attached to an aromatic ring is 1. The first-order valence-electron chi connectivity index (χ1n) is 8.01. The molecule has 7 nitrogen and oxygen atoms in total. The molecule has 0 spiro atoms. The third-order valence-electron chi connectivity index (χ3n) is 3.80. The number of ether oxygens (including phenoxy) is 1. The SMILES string of the molecule is COc1ccc(-c2nnc(SCC(=O)Nc3ccc(C)c(Cl)c3)n2N)cc1. The van der Waals surface area contributed by atoms with Crippen LogP contribution in [-0.2, 0) is 4.79 Å². The number of nitrogens with zero attached hydrogens (tertiary/aromatic N) is 3. The monoisotopic (exact) mass is 403 g/mol. The predicted octanol–water partition coefficient (Wildman–Crippen LogP) is 3.36. The minimum Gasteiger partial charge on any atom is -0.497 e. The highest BCUT2D eigenvalue weighted by Gasteiger charge is 2.14. The Labute approximate surface area is 165 Å². The molecule has 0 aliphatic rings. The number of anilines is 1. The third-order valence-corrected chi connectivity index (χ3v) is 5.15. The zero-order valence-electron chi connectivity index (χ0n) is 14.8. The van der Waals surface area contributed by atoms with Crippen molar-refractivity contribution in [1.82, 2.24) is 14.9 Å². The number of methoxy groups -OCH3 is 1. The minimum absolute atomic E-state index is 0.142. The van der Waals surface area contributed by atoms with Gasteiger partial charge in [-0.25, -0.2) is 4.68 Å². The van der Waals surface area contributed by atoms with Crippen molar-refractivity contribution in [2.45, 2.75) is 12.1 Å². The molecule has 1 amide bonds. The number of amides is 1. The number of aryl methyl sites for hydroxylation is 1. The van der Waals surface area contributed by atoms with Crippen LogP contribution >= 0.6 is 23.4 Å². The maximum absolute atomic E-state index is 12.2. The second-order valence-corrected chi connectivity index (χ2v) is 7.06. The Morgan fingerprint density at radius 2 is 2.00 bits per heavy atom. The third kappa shape index (κ3) is 4.53. The molecule has 27 heavy (non-hydrogen) atoms. The fourth-order valence-corrected chi connectivity index (χ4v) is 3.15. The van der Waals surface area contributed by atoms with Crippen LogP contribution in [0.3, 0.4) is 0 Å². The summed E-state index contributed by atoms with van der Waals surface area (Å²) in [6, 6.07) is 12.7. The second-order valence-electron chi connectivity index (χ2n) is 5.71. The van der Waals surface area contributed by atoms with Gasteiger partial charge in [0.1, 0.15) is 5.75 Å². The first kappa shape index (κ1) is 19.1. The molecule has 140 valence electrons. The Kier molecular flexibility index (Phi) is 5.88. The molecule has 0 radical (unpaired) electrons. The largest absolute Gasteiger partial charge is 0.497 e. The number of benzene rings is 2. The summed E-state index contributed by atoms with van der Waals surface area (Å²) in [6.07, 6.45) is 0. The fourth-order valence-electron chi connectivity index (χ4n) is 2.31. The van der Waals surface area contributed by atoms with Crippen molar-refractivity contribution in [2.75, 3.05) is 24.0 Å². The Balaban J connectivity index is 1.63. The molecule has 1 aromatic heterocycles. The van der Waals surface area contributed by atoms with E-state index in [1.54, 1.807) is 19.2 Å². The van der Waals surface area contributed by atoms with Gasteiger partial charge in [-0.3, -0.25) is 4.79 Å². The smallest absolute Gasteiger partial charge is 0.234 e. The molecule has 1 heterocycles. The van der Waals surface area contributed by atoms with Crippen molar-refractivity contribution >= 4 is 35.0 Å².